The van der Waals surface area contributed by atoms with Gasteiger partial charge in [-0.3, -0.25) is 10.1 Å². The summed E-state index contributed by atoms with van der Waals surface area (Å²) in [5.41, 5.74) is -1.05. The summed E-state index contributed by atoms with van der Waals surface area (Å²) in [5, 5.41) is 7.68. The number of piperidine rings is 1. The van der Waals surface area contributed by atoms with Crippen molar-refractivity contribution in [3.05, 3.63) is 59.2 Å². The molecule has 0 unspecified atom stereocenters. The van der Waals surface area contributed by atoms with Gasteiger partial charge in [-0.25, -0.2) is 4.79 Å². The second-order valence-corrected chi connectivity index (χ2v) is 10.2. The molecule has 0 aliphatic carbocycles. The number of benzene rings is 2. The highest BCUT2D eigenvalue weighted by molar-refractivity contribution is 5.93. The number of carbonyl (C=O) groups is 2. The summed E-state index contributed by atoms with van der Waals surface area (Å²) in [5.74, 6) is -3.90. The Morgan fingerprint density at radius 1 is 0.921 bits per heavy atom. The molecule has 12 heteroatoms. The van der Waals surface area contributed by atoms with E-state index in [1.54, 1.807) is 32.9 Å². The smallest absolute Gasteiger partial charge is 0.416 e. The molecule has 1 heterocycles. The van der Waals surface area contributed by atoms with E-state index < -0.39 is 66.4 Å². The Labute approximate surface area is 216 Å². The average Bonchev–Trinajstić information content (AvgIpc) is 2.78. The maximum absolute atomic E-state index is 13.5. The fourth-order valence-electron chi connectivity index (χ4n) is 4.23. The summed E-state index contributed by atoms with van der Waals surface area (Å²) < 4.78 is 85.6. The number of rotatable bonds is 4. The lowest BCUT2D eigenvalue weighted by atomic mass is 9.80. The standard InChI is InChI=1S/C26H29F6N3O3/c1-14-5-8-18(12-20(14)26(30,31)32)34-22(36)19-11-16(25(27,28)29)13-33-21(19)15-6-9-17(10-7-15)35-23(37)38-24(2,3)4/h5-10,12,16,19,21,33H,11,13H2,1-4H3,(H,34,36)(H,35,37)/t16-,19+,21+/m1/s1. The first kappa shape index (κ1) is 29.3. The van der Waals surface area contributed by atoms with Gasteiger partial charge in [0.2, 0.25) is 5.91 Å². The SMILES string of the molecule is Cc1ccc(NC(=O)[C@H]2C[C@@H](C(F)(F)F)CN[C@H]2c2ccc(NC(=O)OC(C)(C)C)cc2)cc1C(F)(F)F. The lowest BCUT2D eigenvalue weighted by molar-refractivity contribution is -0.184. The van der Waals surface area contributed by atoms with Gasteiger partial charge in [0.15, 0.2) is 0 Å². The zero-order valence-corrected chi connectivity index (χ0v) is 21.2. The number of hydrogen-bond donors (Lipinski definition) is 3. The molecule has 0 spiro atoms. The molecule has 0 radical (unpaired) electrons. The quantitative estimate of drug-likeness (QED) is 0.368. The van der Waals surface area contributed by atoms with E-state index in [0.29, 0.717) is 11.3 Å². The zero-order valence-electron chi connectivity index (χ0n) is 21.2. The van der Waals surface area contributed by atoms with Gasteiger partial charge >= 0.3 is 18.4 Å². The molecule has 1 saturated heterocycles. The highest BCUT2D eigenvalue weighted by Crippen LogP contribution is 2.40. The summed E-state index contributed by atoms with van der Waals surface area (Å²) in [4.78, 5) is 25.1. The molecule has 0 saturated carbocycles. The molecule has 0 aromatic heterocycles. The van der Waals surface area contributed by atoms with Gasteiger partial charge < -0.3 is 15.4 Å². The van der Waals surface area contributed by atoms with Crippen LogP contribution in [0, 0.1) is 18.8 Å². The van der Waals surface area contributed by atoms with Crippen molar-refractivity contribution in [2.45, 2.75) is 58.1 Å². The molecule has 3 N–H and O–H groups in total. The van der Waals surface area contributed by atoms with E-state index in [9.17, 15) is 35.9 Å². The molecule has 3 atom stereocenters. The van der Waals surface area contributed by atoms with E-state index in [1.807, 2.05) is 0 Å². The van der Waals surface area contributed by atoms with Crippen molar-refractivity contribution in [2.24, 2.45) is 11.8 Å². The van der Waals surface area contributed by atoms with E-state index in [1.165, 1.54) is 31.2 Å². The molecule has 38 heavy (non-hydrogen) atoms. The van der Waals surface area contributed by atoms with E-state index in [2.05, 4.69) is 16.0 Å². The number of alkyl halides is 6. The van der Waals surface area contributed by atoms with E-state index in [0.717, 1.165) is 6.07 Å². The minimum absolute atomic E-state index is 0.0510. The largest absolute Gasteiger partial charge is 0.444 e. The number of nitrogens with one attached hydrogen (secondary N) is 3. The first-order valence-corrected chi connectivity index (χ1v) is 11.8. The van der Waals surface area contributed by atoms with Crippen molar-refractivity contribution in [3.63, 3.8) is 0 Å². The van der Waals surface area contributed by atoms with Crippen molar-refractivity contribution in [2.75, 3.05) is 17.2 Å². The Hall–Kier alpha value is -3.28. The molecule has 1 aliphatic rings. The van der Waals surface area contributed by atoms with Gasteiger partial charge in [-0.05, 0) is 69.5 Å². The summed E-state index contributed by atoms with van der Waals surface area (Å²) >= 11 is 0. The second kappa shape index (κ2) is 10.8. The van der Waals surface area contributed by atoms with Crippen molar-refractivity contribution >= 4 is 23.4 Å². The molecule has 3 rings (SSSR count). The van der Waals surface area contributed by atoms with Crippen LogP contribution in [0.15, 0.2) is 42.5 Å². The van der Waals surface area contributed by atoms with E-state index in [4.69, 9.17) is 4.74 Å². The van der Waals surface area contributed by atoms with Gasteiger partial charge in [0.25, 0.3) is 0 Å². The third-order valence-electron chi connectivity index (χ3n) is 6.05. The molecular weight excluding hydrogens is 516 g/mol. The monoisotopic (exact) mass is 545 g/mol. The summed E-state index contributed by atoms with van der Waals surface area (Å²) in [6.07, 6.45) is -10.5. The number of anilines is 2. The Morgan fingerprint density at radius 3 is 2.08 bits per heavy atom. The van der Waals surface area contributed by atoms with Gasteiger partial charge in [-0.2, -0.15) is 26.3 Å². The predicted octanol–water partition coefficient (Wildman–Crippen LogP) is 6.83. The molecule has 2 amide bonds. The van der Waals surface area contributed by atoms with E-state index in [-0.39, 0.29) is 11.3 Å². The van der Waals surface area contributed by atoms with Gasteiger partial charge in [0.1, 0.15) is 5.60 Å². The van der Waals surface area contributed by atoms with Gasteiger partial charge in [-0.1, -0.05) is 18.2 Å². The highest BCUT2D eigenvalue weighted by Gasteiger charge is 2.47. The molecule has 1 fully saturated rings. The van der Waals surface area contributed by atoms with Gasteiger partial charge in [0.05, 0.1) is 17.4 Å². The normalized spacial score (nSPS) is 20.5. The Bertz CT molecular complexity index is 1160. The van der Waals surface area contributed by atoms with E-state index >= 15 is 0 Å². The number of hydrogen-bond acceptors (Lipinski definition) is 4. The van der Waals surface area contributed by atoms with Crippen molar-refractivity contribution < 1.29 is 40.7 Å². The van der Waals surface area contributed by atoms with Crippen LogP contribution in [0.2, 0.25) is 0 Å². The van der Waals surface area contributed by atoms with Crippen molar-refractivity contribution in [3.8, 4) is 0 Å². The number of aryl methyl sites for hydroxylation is 1. The molecule has 208 valence electrons. The first-order valence-electron chi connectivity index (χ1n) is 11.8. The third kappa shape index (κ3) is 7.62. The molecule has 2 aromatic rings. The van der Waals surface area contributed by atoms with Gasteiger partial charge in [-0.15, -0.1) is 0 Å². The molecule has 6 nitrogen and oxygen atoms in total. The van der Waals surface area contributed by atoms with Crippen LogP contribution in [0.1, 0.15) is 49.9 Å². The van der Waals surface area contributed by atoms with Crippen molar-refractivity contribution in [1.29, 1.82) is 0 Å². The Morgan fingerprint density at radius 2 is 1.53 bits per heavy atom. The maximum atomic E-state index is 13.5. The van der Waals surface area contributed by atoms with Crippen LogP contribution in [-0.2, 0) is 15.7 Å². The van der Waals surface area contributed by atoms with Crippen LogP contribution >= 0.6 is 0 Å². The van der Waals surface area contributed by atoms with Crippen LogP contribution < -0.4 is 16.0 Å². The van der Waals surface area contributed by atoms with Crippen LogP contribution in [0.3, 0.4) is 0 Å². The number of halogens is 6. The summed E-state index contributed by atoms with van der Waals surface area (Å²) in [7, 11) is 0. The number of carbonyl (C=O) groups excluding carboxylic acids is 2. The van der Waals surface area contributed by atoms with Crippen LogP contribution in [0.4, 0.5) is 42.5 Å². The summed E-state index contributed by atoms with van der Waals surface area (Å²) in [6.45, 7) is 5.93. The molecule has 0 bridgehead atoms. The molecular formula is C26H29F6N3O3. The fourth-order valence-corrected chi connectivity index (χ4v) is 4.23. The topological polar surface area (TPSA) is 79.5 Å². The van der Waals surface area contributed by atoms with Crippen LogP contribution in [0.5, 0.6) is 0 Å². The highest BCUT2D eigenvalue weighted by atomic mass is 19.4. The average molecular weight is 546 g/mol. The van der Waals surface area contributed by atoms with Crippen LogP contribution in [-0.4, -0.2) is 30.3 Å². The van der Waals surface area contributed by atoms with Gasteiger partial charge in [0, 0.05) is 24.0 Å². The number of amides is 2. The third-order valence-corrected chi connectivity index (χ3v) is 6.05. The zero-order chi connectivity index (χ0) is 28.5. The van der Waals surface area contributed by atoms with Crippen LogP contribution in [0.25, 0.3) is 0 Å². The lowest BCUT2D eigenvalue weighted by Gasteiger charge is -2.37. The molecule has 1 aliphatic heterocycles. The molecule has 2 aromatic carbocycles. The lowest BCUT2D eigenvalue weighted by Crippen LogP contribution is -2.48. The Kier molecular flexibility index (Phi) is 8.35. The number of ether oxygens (including phenoxy) is 1. The minimum atomic E-state index is -4.66. The summed E-state index contributed by atoms with van der Waals surface area (Å²) in [6, 6.07) is 8.49. The Balaban J connectivity index is 1.83. The second-order valence-electron chi connectivity index (χ2n) is 10.2. The predicted molar refractivity (Wildman–Crippen MR) is 130 cm³/mol. The maximum Gasteiger partial charge on any atom is 0.416 e. The first-order chi connectivity index (χ1) is 17.4. The fraction of sp³-hybridized carbons (Fsp3) is 0.462. The minimum Gasteiger partial charge on any atom is -0.444 e. The van der Waals surface area contributed by atoms with Crippen molar-refractivity contribution in [1.82, 2.24) is 5.32 Å².